The van der Waals surface area contributed by atoms with Gasteiger partial charge in [-0.15, -0.1) is 11.3 Å². The number of carbonyl (C=O) groups is 2. The molecule has 0 unspecified atom stereocenters. The van der Waals surface area contributed by atoms with Crippen LogP contribution in [0.3, 0.4) is 0 Å². The molecule has 114 valence electrons. The second-order valence-electron chi connectivity index (χ2n) is 6.21. The molecule has 3 amide bonds. The summed E-state index contributed by atoms with van der Waals surface area (Å²) in [4.78, 5) is 26.9. The first kappa shape index (κ1) is 14.5. The number of thiophene rings is 1. The summed E-state index contributed by atoms with van der Waals surface area (Å²) < 4.78 is 0. The first-order valence-electron chi connectivity index (χ1n) is 7.35. The molecular formula is C15H20N2O3S. The fourth-order valence-corrected chi connectivity index (χ4v) is 4.07. The zero-order valence-electron chi connectivity index (χ0n) is 12.1. The Hall–Kier alpha value is -1.40. The van der Waals surface area contributed by atoms with Crippen molar-refractivity contribution in [3.05, 3.63) is 22.4 Å². The number of aliphatic hydroxyl groups is 1. The SMILES string of the molecule is C[C@]1(c2cccs2)NC(=O)N(CC2(O)CCCCC2)C1=O. The summed E-state index contributed by atoms with van der Waals surface area (Å²) in [7, 11) is 0. The van der Waals surface area contributed by atoms with Gasteiger partial charge in [-0.3, -0.25) is 9.69 Å². The minimum atomic E-state index is -1.00. The number of amides is 3. The third kappa shape index (κ3) is 2.46. The van der Waals surface area contributed by atoms with E-state index in [1.807, 2.05) is 17.5 Å². The average molecular weight is 308 g/mol. The number of urea groups is 1. The number of rotatable bonds is 3. The lowest BCUT2D eigenvalue weighted by atomic mass is 9.84. The topological polar surface area (TPSA) is 69.6 Å². The largest absolute Gasteiger partial charge is 0.388 e. The molecule has 5 nitrogen and oxygen atoms in total. The van der Waals surface area contributed by atoms with Crippen LogP contribution in [-0.2, 0) is 10.3 Å². The van der Waals surface area contributed by atoms with E-state index < -0.39 is 17.2 Å². The Kier molecular flexibility index (Phi) is 3.53. The molecule has 0 bridgehead atoms. The van der Waals surface area contributed by atoms with E-state index in [4.69, 9.17) is 0 Å². The molecule has 2 fully saturated rings. The summed E-state index contributed by atoms with van der Waals surface area (Å²) >= 11 is 1.45. The number of hydrogen-bond acceptors (Lipinski definition) is 4. The number of carbonyl (C=O) groups excluding carboxylic acids is 2. The van der Waals surface area contributed by atoms with E-state index in [0.29, 0.717) is 12.8 Å². The van der Waals surface area contributed by atoms with Crippen LogP contribution in [-0.4, -0.2) is 34.1 Å². The Morgan fingerprint density at radius 2 is 2.05 bits per heavy atom. The molecule has 3 rings (SSSR count). The average Bonchev–Trinajstić information content (AvgIpc) is 3.05. The maximum Gasteiger partial charge on any atom is 0.325 e. The van der Waals surface area contributed by atoms with Crippen molar-refractivity contribution in [2.45, 2.75) is 50.2 Å². The van der Waals surface area contributed by atoms with Gasteiger partial charge in [0.1, 0.15) is 0 Å². The standard InChI is InChI=1S/C15H20N2O3S/c1-14(11-6-5-9-21-11)12(18)17(13(19)16-14)10-15(20)7-3-2-4-8-15/h5-6,9,20H,2-4,7-8,10H2,1H3,(H,16,19)/t14-/m1/s1. The Morgan fingerprint density at radius 1 is 1.33 bits per heavy atom. The highest BCUT2D eigenvalue weighted by Crippen LogP contribution is 2.35. The van der Waals surface area contributed by atoms with Crippen LogP contribution in [0.5, 0.6) is 0 Å². The molecule has 1 atom stereocenters. The van der Waals surface area contributed by atoms with Crippen molar-refractivity contribution < 1.29 is 14.7 Å². The summed E-state index contributed by atoms with van der Waals surface area (Å²) in [5, 5.41) is 15.3. The monoisotopic (exact) mass is 308 g/mol. The summed E-state index contributed by atoms with van der Waals surface area (Å²) in [6, 6.07) is 3.30. The summed E-state index contributed by atoms with van der Waals surface area (Å²) in [5.41, 5.74) is -1.93. The molecule has 1 aliphatic carbocycles. The zero-order valence-corrected chi connectivity index (χ0v) is 12.9. The van der Waals surface area contributed by atoms with E-state index in [0.717, 1.165) is 24.1 Å². The van der Waals surface area contributed by atoms with Crippen LogP contribution in [0.25, 0.3) is 0 Å². The van der Waals surface area contributed by atoms with E-state index in [1.165, 1.54) is 16.2 Å². The molecule has 1 aromatic heterocycles. The molecule has 0 radical (unpaired) electrons. The smallest absolute Gasteiger partial charge is 0.325 e. The molecule has 1 saturated carbocycles. The molecule has 6 heteroatoms. The lowest BCUT2D eigenvalue weighted by Crippen LogP contribution is -2.47. The van der Waals surface area contributed by atoms with Crippen molar-refractivity contribution in [2.24, 2.45) is 0 Å². The number of imide groups is 1. The summed E-state index contributed by atoms with van der Waals surface area (Å²) in [6.07, 6.45) is 4.31. The van der Waals surface area contributed by atoms with Gasteiger partial charge in [0.2, 0.25) is 0 Å². The first-order valence-corrected chi connectivity index (χ1v) is 8.23. The molecular weight excluding hydrogens is 288 g/mol. The highest BCUT2D eigenvalue weighted by atomic mass is 32.1. The zero-order chi connectivity index (χ0) is 15.1. The van der Waals surface area contributed by atoms with Crippen molar-refractivity contribution in [1.82, 2.24) is 10.2 Å². The van der Waals surface area contributed by atoms with Crippen LogP contribution in [0, 0.1) is 0 Å². The van der Waals surface area contributed by atoms with Gasteiger partial charge in [0.25, 0.3) is 5.91 Å². The van der Waals surface area contributed by atoms with Gasteiger partial charge in [0.05, 0.1) is 12.1 Å². The Morgan fingerprint density at radius 3 is 2.67 bits per heavy atom. The molecule has 0 spiro atoms. The van der Waals surface area contributed by atoms with Gasteiger partial charge in [0, 0.05) is 4.88 Å². The third-order valence-electron chi connectivity index (χ3n) is 4.53. The minimum Gasteiger partial charge on any atom is -0.388 e. The minimum absolute atomic E-state index is 0.0959. The molecule has 1 aliphatic heterocycles. The van der Waals surface area contributed by atoms with Crippen molar-refractivity contribution >= 4 is 23.3 Å². The van der Waals surface area contributed by atoms with Crippen molar-refractivity contribution in [2.75, 3.05) is 6.54 Å². The Balaban J connectivity index is 1.81. The lowest BCUT2D eigenvalue weighted by molar-refractivity contribution is -0.134. The highest BCUT2D eigenvalue weighted by Gasteiger charge is 2.51. The maximum absolute atomic E-state index is 12.7. The van der Waals surface area contributed by atoms with E-state index in [2.05, 4.69) is 5.32 Å². The summed E-state index contributed by atoms with van der Waals surface area (Å²) in [5.74, 6) is -0.269. The maximum atomic E-state index is 12.7. The van der Waals surface area contributed by atoms with Crippen molar-refractivity contribution in [3.63, 3.8) is 0 Å². The fourth-order valence-electron chi connectivity index (χ4n) is 3.23. The van der Waals surface area contributed by atoms with Gasteiger partial charge < -0.3 is 10.4 Å². The van der Waals surface area contributed by atoms with Crippen LogP contribution in [0.2, 0.25) is 0 Å². The van der Waals surface area contributed by atoms with Gasteiger partial charge in [-0.05, 0) is 31.2 Å². The first-order chi connectivity index (χ1) is 9.95. The highest BCUT2D eigenvalue weighted by molar-refractivity contribution is 7.10. The van der Waals surface area contributed by atoms with Crippen LogP contribution in [0.1, 0.15) is 43.9 Å². The fraction of sp³-hybridized carbons (Fsp3) is 0.600. The normalized spacial score (nSPS) is 28.8. The number of hydrogen-bond donors (Lipinski definition) is 2. The van der Waals surface area contributed by atoms with Crippen LogP contribution in [0.4, 0.5) is 4.79 Å². The Bertz CT molecular complexity index is 551. The number of nitrogens with zero attached hydrogens (tertiary/aromatic N) is 1. The van der Waals surface area contributed by atoms with E-state index in [1.54, 1.807) is 6.92 Å². The van der Waals surface area contributed by atoms with E-state index in [9.17, 15) is 14.7 Å². The Labute approximate surface area is 128 Å². The second-order valence-corrected chi connectivity index (χ2v) is 7.16. The van der Waals surface area contributed by atoms with Gasteiger partial charge >= 0.3 is 6.03 Å². The molecule has 2 N–H and O–H groups in total. The van der Waals surface area contributed by atoms with E-state index >= 15 is 0 Å². The predicted octanol–water partition coefficient (Wildman–Crippen LogP) is 2.21. The quantitative estimate of drug-likeness (QED) is 0.841. The third-order valence-corrected chi connectivity index (χ3v) is 5.62. The lowest BCUT2D eigenvalue weighted by Gasteiger charge is -2.34. The molecule has 21 heavy (non-hydrogen) atoms. The molecule has 0 aromatic carbocycles. The number of β-amino-alcohol motifs (C(OH)–C–C–N with tert-alkyl or cyclic N) is 1. The van der Waals surface area contributed by atoms with Crippen LogP contribution >= 0.6 is 11.3 Å². The van der Waals surface area contributed by atoms with Gasteiger partial charge in [-0.2, -0.15) is 0 Å². The molecule has 2 heterocycles. The van der Waals surface area contributed by atoms with Gasteiger partial charge in [0.15, 0.2) is 5.54 Å². The van der Waals surface area contributed by atoms with E-state index in [-0.39, 0.29) is 12.5 Å². The van der Waals surface area contributed by atoms with Crippen molar-refractivity contribution in [3.8, 4) is 0 Å². The van der Waals surface area contributed by atoms with Crippen molar-refractivity contribution in [1.29, 1.82) is 0 Å². The molecule has 1 aromatic rings. The summed E-state index contributed by atoms with van der Waals surface area (Å²) in [6.45, 7) is 1.82. The second kappa shape index (κ2) is 5.10. The van der Waals surface area contributed by atoms with Crippen LogP contribution in [0.15, 0.2) is 17.5 Å². The van der Waals surface area contributed by atoms with Gasteiger partial charge in [-0.25, -0.2) is 4.79 Å². The van der Waals surface area contributed by atoms with Gasteiger partial charge in [-0.1, -0.05) is 25.3 Å². The van der Waals surface area contributed by atoms with Crippen LogP contribution < -0.4 is 5.32 Å². The predicted molar refractivity (Wildman–Crippen MR) is 80.0 cm³/mol. The molecule has 1 saturated heterocycles. The molecule has 2 aliphatic rings. The number of nitrogens with one attached hydrogen (secondary N) is 1.